The van der Waals surface area contributed by atoms with E-state index in [1.54, 1.807) is 0 Å². The van der Waals surface area contributed by atoms with Crippen molar-refractivity contribution in [3.63, 3.8) is 0 Å². The van der Waals surface area contributed by atoms with Crippen LogP contribution in [0.4, 0.5) is 11.5 Å². The molecule has 0 atom stereocenters. The molecule has 0 aliphatic heterocycles. The van der Waals surface area contributed by atoms with Gasteiger partial charge in [0.15, 0.2) is 0 Å². The first kappa shape index (κ1) is 12.3. The lowest BCUT2D eigenvalue weighted by atomic mass is 10.2. The zero-order valence-electron chi connectivity index (χ0n) is 9.49. The van der Waals surface area contributed by atoms with Crippen molar-refractivity contribution in [3.8, 4) is 6.07 Å². The van der Waals surface area contributed by atoms with Crippen LogP contribution < -0.4 is 11.0 Å². The molecule has 0 bridgehead atoms. The molecule has 0 aliphatic carbocycles. The Balaban J connectivity index is 2.37. The summed E-state index contributed by atoms with van der Waals surface area (Å²) in [6, 6.07) is 9.06. The Morgan fingerprint density at radius 1 is 1.44 bits per heavy atom. The number of hydrogen-bond acceptors (Lipinski definition) is 4. The highest BCUT2D eigenvalue weighted by Crippen LogP contribution is 2.22. The van der Waals surface area contributed by atoms with E-state index in [9.17, 15) is 4.79 Å². The first-order chi connectivity index (χ1) is 8.58. The third kappa shape index (κ3) is 2.76. The van der Waals surface area contributed by atoms with Crippen LogP contribution in [-0.2, 0) is 0 Å². The smallest absolute Gasteiger partial charge is 0.340 e. The Morgan fingerprint density at radius 2 is 2.22 bits per heavy atom. The van der Waals surface area contributed by atoms with Crippen LogP contribution >= 0.6 is 15.9 Å². The molecule has 1 aromatic heterocycles. The van der Waals surface area contributed by atoms with Crippen LogP contribution in [0.2, 0.25) is 0 Å². The van der Waals surface area contributed by atoms with Crippen molar-refractivity contribution >= 4 is 27.4 Å². The normalized spacial score (nSPS) is 9.83. The van der Waals surface area contributed by atoms with Gasteiger partial charge in [0.25, 0.3) is 0 Å². The molecular formula is C12H9BrN4O. The van der Waals surface area contributed by atoms with Crippen molar-refractivity contribution in [2.75, 3.05) is 5.32 Å². The van der Waals surface area contributed by atoms with Gasteiger partial charge in [0.2, 0.25) is 0 Å². The van der Waals surface area contributed by atoms with Crippen molar-refractivity contribution in [3.05, 3.63) is 50.5 Å². The number of anilines is 2. The molecule has 5 nitrogen and oxygen atoms in total. The second-order valence-electron chi connectivity index (χ2n) is 3.68. The van der Waals surface area contributed by atoms with E-state index in [1.165, 1.54) is 6.07 Å². The fourth-order valence-corrected chi connectivity index (χ4v) is 1.96. The SMILES string of the molecule is Cc1cc(Br)ccc1Nc1cc(C#N)[nH]c(=O)n1. The molecule has 2 rings (SSSR count). The number of benzene rings is 1. The first-order valence-corrected chi connectivity index (χ1v) is 5.92. The molecule has 0 aliphatic rings. The van der Waals surface area contributed by atoms with Gasteiger partial charge in [-0.1, -0.05) is 15.9 Å². The number of aromatic nitrogens is 2. The third-order valence-corrected chi connectivity index (χ3v) is 2.81. The molecule has 6 heteroatoms. The molecule has 0 saturated heterocycles. The molecule has 1 aromatic carbocycles. The maximum atomic E-state index is 11.2. The summed E-state index contributed by atoms with van der Waals surface area (Å²) in [6.45, 7) is 1.94. The molecule has 2 aromatic rings. The summed E-state index contributed by atoms with van der Waals surface area (Å²) >= 11 is 3.37. The molecule has 90 valence electrons. The van der Waals surface area contributed by atoms with E-state index in [-0.39, 0.29) is 5.69 Å². The molecule has 1 heterocycles. The monoisotopic (exact) mass is 304 g/mol. The maximum Gasteiger partial charge on any atom is 0.347 e. The van der Waals surface area contributed by atoms with Crippen molar-refractivity contribution in [2.45, 2.75) is 6.92 Å². The molecule has 0 amide bonds. The van der Waals surface area contributed by atoms with Gasteiger partial charge >= 0.3 is 5.69 Å². The second kappa shape index (κ2) is 5.02. The summed E-state index contributed by atoms with van der Waals surface area (Å²) in [4.78, 5) is 17.3. The van der Waals surface area contributed by atoms with Gasteiger partial charge in [-0.25, -0.2) is 4.79 Å². The Bertz CT molecular complexity index is 687. The van der Waals surface area contributed by atoms with Crippen LogP contribution in [0.3, 0.4) is 0 Å². The van der Waals surface area contributed by atoms with E-state index in [1.807, 2.05) is 31.2 Å². The van der Waals surface area contributed by atoms with E-state index in [4.69, 9.17) is 5.26 Å². The van der Waals surface area contributed by atoms with Gasteiger partial charge in [0, 0.05) is 16.2 Å². The number of nitrogens with one attached hydrogen (secondary N) is 2. The minimum Gasteiger partial charge on any atom is -0.340 e. The largest absolute Gasteiger partial charge is 0.347 e. The molecule has 0 fully saturated rings. The fraction of sp³-hybridized carbons (Fsp3) is 0.0833. The fourth-order valence-electron chi connectivity index (χ4n) is 1.49. The van der Waals surface area contributed by atoms with Crippen molar-refractivity contribution < 1.29 is 0 Å². The highest BCUT2D eigenvalue weighted by atomic mass is 79.9. The zero-order chi connectivity index (χ0) is 13.1. The molecule has 2 N–H and O–H groups in total. The average molecular weight is 305 g/mol. The standard InChI is InChI=1S/C12H9BrN4O/c1-7-4-8(13)2-3-10(7)16-11-5-9(6-14)15-12(18)17-11/h2-5H,1H3,(H2,15,16,17,18). The van der Waals surface area contributed by atoms with E-state index in [0.29, 0.717) is 5.82 Å². The Kier molecular flexibility index (Phi) is 3.44. The van der Waals surface area contributed by atoms with E-state index in [0.717, 1.165) is 15.7 Å². The minimum atomic E-state index is -0.550. The predicted molar refractivity (Wildman–Crippen MR) is 71.7 cm³/mol. The summed E-state index contributed by atoms with van der Waals surface area (Å²) in [5, 5.41) is 11.8. The van der Waals surface area contributed by atoms with Gasteiger partial charge in [-0.2, -0.15) is 10.2 Å². The summed E-state index contributed by atoms with van der Waals surface area (Å²) in [5.41, 5.74) is 1.46. The Labute approximate surface area is 112 Å². The van der Waals surface area contributed by atoms with Crippen LogP contribution in [0.15, 0.2) is 33.5 Å². The van der Waals surface area contributed by atoms with Gasteiger partial charge in [0.05, 0.1) is 0 Å². The summed E-state index contributed by atoms with van der Waals surface area (Å²) in [5.74, 6) is 0.348. The average Bonchev–Trinajstić information content (AvgIpc) is 2.32. The van der Waals surface area contributed by atoms with Crippen LogP contribution in [0, 0.1) is 18.3 Å². The zero-order valence-corrected chi connectivity index (χ0v) is 11.1. The van der Waals surface area contributed by atoms with E-state index in [2.05, 4.69) is 31.2 Å². The highest BCUT2D eigenvalue weighted by molar-refractivity contribution is 9.10. The third-order valence-electron chi connectivity index (χ3n) is 2.32. The number of H-pyrrole nitrogens is 1. The van der Waals surface area contributed by atoms with Crippen molar-refractivity contribution in [1.29, 1.82) is 5.26 Å². The van der Waals surface area contributed by atoms with Crippen molar-refractivity contribution in [1.82, 2.24) is 9.97 Å². The quantitative estimate of drug-likeness (QED) is 0.893. The Hall–Kier alpha value is -2.13. The lowest BCUT2D eigenvalue weighted by Gasteiger charge is -2.08. The maximum absolute atomic E-state index is 11.2. The molecule has 0 radical (unpaired) electrons. The number of aromatic amines is 1. The number of rotatable bonds is 2. The number of aryl methyl sites for hydroxylation is 1. The molecular weight excluding hydrogens is 296 g/mol. The lowest BCUT2D eigenvalue weighted by molar-refractivity contribution is 1.06. The van der Waals surface area contributed by atoms with E-state index >= 15 is 0 Å². The summed E-state index contributed by atoms with van der Waals surface area (Å²) < 4.78 is 0.974. The number of nitriles is 1. The topological polar surface area (TPSA) is 81.6 Å². The molecule has 18 heavy (non-hydrogen) atoms. The summed E-state index contributed by atoms with van der Waals surface area (Å²) in [6.07, 6.45) is 0. The van der Waals surface area contributed by atoms with Gasteiger partial charge < -0.3 is 5.32 Å². The number of nitrogens with zero attached hydrogens (tertiary/aromatic N) is 2. The van der Waals surface area contributed by atoms with Crippen LogP contribution in [-0.4, -0.2) is 9.97 Å². The second-order valence-corrected chi connectivity index (χ2v) is 4.60. The van der Waals surface area contributed by atoms with Gasteiger partial charge in [0.1, 0.15) is 17.6 Å². The first-order valence-electron chi connectivity index (χ1n) is 5.13. The Morgan fingerprint density at radius 3 is 2.89 bits per heavy atom. The summed E-state index contributed by atoms with van der Waals surface area (Å²) in [7, 11) is 0. The van der Waals surface area contributed by atoms with Crippen LogP contribution in [0.1, 0.15) is 11.3 Å². The highest BCUT2D eigenvalue weighted by Gasteiger charge is 2.03. The van der Waals surface area contributed by atoms with Crippen LogP contribution in [0.5, 0.6) is 0 Å². The van der Waals surface area contributed by atoms with Crippen molar-refractivity contribution in [2.24, 2.45) is 0 Å². The van der Waals surface area contributed by atoms with Gasteiger partial charge in [-0.15, -0.1) is 0 Å². The lowest BCUT2D eigenvalue weighted by Crippen LogP contribution is -2.13. The molecule has 0 spiro atoms. The molecule has 0 unspecified atom stereocenters. The number of hydrogen-bond donors (Lipinski definition) is 2. The molecule has 0 saturated carbocycles. The predicted octanol–water partition coefficient (Wildman–Crippen LogP) is 2.46. The minimum absolute atomic E-state index is 0.173. The van der Waals surface area contributed by atoms with Gasteiger partial charge in [-0.3, -0.25) is 4.98 Å². The van der Waals surface area contributed by atoms with E-state index < -0.39 is 5.69 Å². The number of halogens is 1. The van der Waals surface area contributed by atoms with Gasteiger partial charge in [-0.05, 0) is 30.7 Å². The van der Waals surface area contributed by atoms with Crippen LogP contribution in [0.25, 0.3) is 0 Å².